The van der Waals surface area contributed by atoms with Crippen molar-refractivity contribution in [3.05, 3.63) is 18.5 Å². The Balaban J connectivity index is 1.92. The molecule has 1 heterocycles. The Morgan fingerprint density at radius 2 is 2.36 bits per heavy atom. The van der Waals surface area contributed by atoms with E-state index in [1.165, 1.54) is 12.8 Å². The summed E-state index contributed by atoms with van der Waals surface area (Å²) in [6.45, 7) is 0.831. The van der Waals surface area contributed by atoms with Crippen LogP contribution >= 0.6 is 0 Å². The molecule has 0 radical (unpaired) electrons. The zero-order valence-corrected chi connectivity index (χ0v) is 6.48. The van der Waals surface area contributed by atoms with Crippen molar-refractivity contribution in [1.82, 2.24) is 9.78 Å². The zero-order valence-electron chi connectivity index (χ0n) is 6.48. The Hall–Kier alpha value is -0.830. The molecule has 2 N–H and O–H groups in total. The first-order valence-corrected chi connectivity index (χ1v) is 4.09. The van der Waals surface area contributed by atoms with Gasteiger partial charge in [-0.1, -0.05) is 0 Å². The van der Waals surface area contributed by atoms with Gasteiger partial charge < -0.3 is 5.73 Å². The fourth-order valence-corrected chi connectivity index (χ4v) is 1.61. The monoisotopic (exact) mass is 151 g/mol. The third-order valence-electron chi connectivity index (χ3n) is 2.44. The highest BCUT2D eigenvalue weighted by molar-refractivity contribution is 4.88. The quantitative estimate of drug-likeness (QED) is 0.679. The van der Waals surface area contributed by atoms with Gasteiger partial charge in [-0.3, -0.25) is 4.68 Å². The average Bonchev–Trinajstić information content (AvgIpc) is 2.37. The molecule has 1 saturated carbocycles. The van der Waals surface area contributed by atoms with Crippen LogP contribution in [0.25, 0.3) is 0 Å². The highest BCUT2D eigenvalue weighted by atomic mass is 15.3. The molecular weight excluding hydrogens is 138 g/mol. The van der Waals surface area contributed by atoms with E-state index in [0.717, 1.165) is 12.5 Å². The van der Waals surface area contributed by atoms with Crippen LogP contribution in [0.1, 0.15) is 18.9 Å². The molecule has 1 aromatic rings. The summed E-state index contributed by atoms with van der Waals surface area (Å²) in [6, 6.07) is 2.59. The van der Waals surface area contributed by atoms with Crippen LogP contribution in [-0.2, 0) is 0 Å². The third-order valence-corrected chi connectivity index (χ3v) is 2.44. The minimum atomic E-state index is 0.624. The first-order valence-electron chi connectivity index (χ1n) is 4.09. The molecular formula is C8H13N3. The Morgan fingerprint density at radius 1 is 1.55 bits per heavy atom. The smallest absolute Gasteiger partial charge is 0.0525 e. The summed E-state index contributed by atoms with van der Waals surface area (Å²) in [6.07, 6.45) is 6.27. The van der Waals surface area contributed by atoms with Crippen LogP contribution < -0.4 is 5.73 Å². The van der Waals surface area contributed by atoms with Gasteiger partial charge in [-0.25, -0.2) is 0 Å². The van der Waals surface area contributed by atoms with E-state index in [2.05, 4.69) is 5.10 Å². The molecule has 2 rings (SSSR count). The number of rotatable bonds is 2. The summed E-state index contributed by atoms with van der Waals surface area (Å²) < 4.78 is 2.03. The Bertz CT molecular complexity index is 211. The number of aromatic nitrogens is 2. The molecule has 3 nitrogen and oxygen atoms in total. The van der Waals surface area contributed by atoms with E-state index in [0.29, 0.717) is 6.04 Å². The highest BCUT2D eigenvalue weighted by Crippen LogP contribution is 2.35. The van der Waals surface area contributed by atoms with Crippen molar-refractivity contribution in [3.63, 3.8) is 0 Å². The molecule has 0 spiro atoms. The van der Waals surface area contributed by atoms with Crippen molar-refractivity contribution >= 4 is 0 Å². The first kappa shape index (κ1) is 6.85. The molecule has 1 aliphatic carbocycles. The Kier molecular flexibility index (Phi) is 1.66. The molecule has 1 fully saturated rings. The lowest BCUT2D eigenvalue weighted by Crippen LogP contribution is -2.32. The van der Waals surface area contributed by atoms with Gasteiger partial charge in [-0.2, -0.15) is 5.10 Å². The lowest BCUT2D eigenvalue weighted by Gasteiger charge is -2.34. The van der Waals surface area contributed by atoms with Gasteiger partial charge >= 0.3 is 0 Å². The topological polar surface area (TPSA) is 43.8 Å². The molecule has 0 unspecified atom stereocenters. The van der Waals surface area contributed by atoms with Crippen molar-refractivity contribution in [2.75, 3.05) is 6.54 Å². The number of nitrogens with two attached hydrogens (primary N) is 1. The van der Waals surface area contributed by atoms with Gasteiger partial charge in [0.2, 0.25) is 0 Å². The molecule has 0 saturated heterocycles. The van der Waals surface area contributed by atoms with E-state index in [-0.39, 0.29) is 0 Å². The zero-order chi connectivity index (χ0) is 7.68. The minimum Gasteiger partial charge on any atom is -0.330 e. The highest BCUT2D eigenvalue weighted by Gasteiger charge is 2.29. The van der Waals surface area contributed by atoms with Crippen LogP contribution in [0.4, 0.5) is 0 Å². The van der Waals surface area contributed by atoms with E-state index >= 15 is 0 Å². The fourth-order valence-electron chi connectivity index (χ4n) is 1.61. The first-order chi connectivity index (χ1) is 5.40. The van der Waals surface area contributed by atoms with Crippen molar-refractivity contribution < 1.29 is 0 Å². The van der Waals surface area contributed by atoms with Crippen LogP contribution in [-0.4, -0.2) is 16.3 Å². The number of hydrogen-bond acceptors (Lipinski definition) is 2. The Morgan fingerprint density at radius 3 is 2.91 bits per heavy atom. The predicted octanol–water partition coefficient (Wildman–Crippen LogP) is 0.793. The van der Waals surface area contributed by atoms with Gasteiger partial charge in [-0.05, 0) is 31.4 Å². The minimum absolute atomic E-state index is 0.624. The fraction of sp³-hybridized carbons (Fsp3) is 0.625. The molecule has 0 aliphatic heterocycles. The van der Waals surface area contributed by atoms with Crippen LogP contribution in [0.5, 0.6) is 0 Å². The van der Waals surface area contributed by atoms with Crippen molar-refractivity contribution in [2.24, 2.45) is 11.7 Å². The predicted molar refractivity (Wildman–Crippen MR) is 43.0 cm³/mol. The van der Waals surface area contributed by atoms with Gasteiger partial charge in [0, 0.05) is 12.4 Å². The van der Waals surface area contributed by atoms with E-state index in [4.69, 9.17) is 5.73 Å². The normalized spacial score (nSPS) is 29.9. The second-order valence-corrected chi connectivity index (χ2v) is 3.21. The van der Waals surface area contributed by atoms with E-state index in [1.807, 2.05) is 23.1 Å². The van der Waals surface area contributed by atoms with Crippen LogP contribution in [0.3, 0.4) is 0 Å². The summed E-state index contributed by atoms with van der Waals surface area (Å²) in [4.78, 5) is 0. The lowest BCUT2D eigenvalue weighted by molar-refractivity contribution is 0.190. The van der Waals surface area contributed by atoms with Crippen LogP contribution in [0.2, 0.25) is 0 Å². The molecule has 0 amide bonds. The Labute approximate surface area is 66.2 Å². The van der Waals surface area contributed by atoms with Crippen LogP contribution in [0.15, 0.2) is 18.5 Å². The lowest BCUT2D eigenvalue weighted by atomic mass is 9.80. The second kappa shape index (κ2) is 2.66. The SMILES string of the molecule is NCC1CC(n2cccn2)C1. The summed E-state index contributed by atoms with van der Waals surface area (Å²) >= 11 is 0. The maximum atomic E-state index is 5.52. The molecule has 1 aliphatic rings. The molecule has 11 heavy (non-hydrogen) atoms. The molecule has 3 heteroatoms. The summed E-state index contributed by atoms with van der Waals surface area (Å²) in [5.41, 5.74) is 5.52. The van der Waals surface area contributed by atoms with Crippen LogP contribution in [0, 0.1) is 5.92 Å². The van der Waals surface area contributed by atoms with E-state index in [9.17, 15) is 0 Å². The summed E-state index contributed by atoms with van der Waals surface area (Å²) in [5, 5.41) is 4.18. The van der Waals surface area contributed by atoms with Gasteiger partial charge in [0.05, 0.1) is 6.04 Å². The molecule has 0 aromatic carbocycles. The van der Waals surface area contributed by atoms with E-state index in [1.54, 1.807) is 0 Å². The molecule has 0 bridgehead atoms. The number of hydrogen-bond donors (Lipinski definition) is 1. The van der Waals surface area contributed by atoms with Crippen molar-refractivity contribution in [3.8, 4) is 0 Å². The van der Waals surface area contributed by atoms with Gasteiger partial charge in [-0.15, -0.1) is 0 Å². The maximum Gasteiger partial charge on any atom is 0.0525 e. The second-order valence-electron chi connectivity index (χ2n) is 3.21. The summed E-state index contributed by atoms with van der Waals surface area (Å²) in [7, 11) is 0. The molecule has 60 valence electrons. The maximum absolute atomic E-state index is 5.52. The standard InChI is InChI=1S/C8H13N3/c9-6-7-4-8(5-7)11-3-1-2-10-11/h1-3,7-8H,4-6,9H2. The van der Waals surface area contributed by atoms with Gasteiger partial charge in [0.25, 0.3) is 0 Å². The number of nitrogens with zero attached hydrogens (tertiary/aromatic N) is 2. The van der Waals surface area contributed by atoms with Gasteiger partial charge in [0.15, 0.2) is 0 Å². The molecule has 0 atom stereocenters. The van der Waals surface area contributed by atoms with Crippen molar-refractivity contribution in [2.45, 2.75) is 18.9 Å². The largest absolute Gasteiger partial charge is 0.330 e. The third kappa shape index (κ3) is 1.16. The van der Waals surface area contributed by atoms with Gasteiger partial charge in [0.1, 0.15) is 0 Å². The van der Waals surface area contributed by atoms with E-state index < -0.39 is 0 Å². The average molecular weight is 151 g/mol. The molecule has 1 aromatic heterocycles. The summed E-state index contributed by atoms with van der Waals surface area (Å²) in [5.74, 6) is 0.740. The van der Waals surface area contributed by atoms with Crippen molar-refractivity contribution in [1.29, 1.82) is 0 Å².